The number of carbonyl (C=O) groups is 1. The maximum Gasteiger partial charge on any atom is 0.416 e. The number of hydrogen-bond acceptors (Lipinski definition) is 3. The van der Waals surface area contributed by atoms with E-state index < -0.39 is 17.6 Å². The lowest BCUT2D eigenvalue weighted by molar-refractivity contribution is -0.137. The summed E-state index contributed by atoms with van der Waals surface area (Å²) in [5, 5.41) is 13.9. The zero-order chi connectivity index (χ0) is 18.9. The summed E-state index contributed by atoms with van der Waals surface area (Å²) in [4.78, 5) is 12.5. The number of hydrogen-bond donors (Lipinski definition) is 2. The molecule has 0 bridgehead atoms. The predicted molar refractivity (Wildman–Crippen MR) is 91.6 cm³/mol. The van der Waals surface area contributed by atoms with Gasteiger partial charge in [0, 0.05) is 0 Å². The molecule has 3 aromatic carbocycles. The van der Waals surface area contributed by atoms with Crippen LogP contribution in [-0.4, -0.2) is 18.1 Å². The largest absolute Gasteiger partial charge is 0.507 e. The molecule has 26 heavy (non-hydrogen) atoms. The molecular weight excluding hydrogens is 347 g/mol. The molecule has 0 saturated heterocycles. The number of ether oxygens (including phenoxy) is 1. The normalized spacial score (nSPS) is 11.4. The van der Waals surface area contributed by atoms with Crippen LogP contribution in [0.25, 0.3) is 10.8 Å². The van der Waals surface area contributed by atoms with Gasteiger partial charge in [-0.3, -0.25) is 4.79 Å². The fourth-order valence-electron chi connectivity index (χ4n) is 2.58. The van der Waals surface area contributed by atoms with E-state index in [1.165, 1.54) is 19.2 Å². The number of fused-ring (bicyclic) bond motifs is 1. The van der Waals surface area contributed by atoms with Gasteiger partial charge in [-0.2, -0.15) is 13.2 Å². The zero-order valence-electron chi connectivity index (χ0n) is 13.6. The number of carbonyl (C=O) groups excluding carboxylic acids is 1. The van der Waals surface area contributed by atoms with Crippen molar-refractivity contribution >= 4 is 22.4 Å². The Bertz CT molecular complexity index is 983. The second kappa shape index (κ2) is 6.59. The summed E-state index contributed by atoms with van der Waals surface area (Å²) in [6, 6.07) is 12.8. The van der Waals surface area contributed by atoms with E-state index in [2.05, 4.69) is 5.32 Å². The molecule has 7 heteroatoms. The Labute approximate surface area is 146 Å². The lowest BCUT2D eigenvalue weighted by atomic mass is 10.1. The van der Waals surface area contributed by atoms with Crippen LogP contribution in [0.15, 0.2) is 54.6 Å². The number of halogens is 3. The van der Waals surface area contributed by atoms with Crippen LogP contribution in [0.1, 0.15) is 15.9 Å². The smallest absolute Gasteiger partial charge is 0.416 e. The van der Waals surface area contributed by atoms with Gasteiger partial charge in [0.05, 0.1) is 23.9 Å². The first kappa shape index (κ1) is 17.6. The van der Waals surface area contributed by atoms with E-state index in [4.69, 9.17) is 4.74 Å². The average Bonchev–Trinajstić information content (AvgIpc) is 2.60. The molecule has 0 spiro atoms. The number of nitrogens with one attached hydrogen (secondary N) is 1. The molecule has 2 N–H and O–H groups in total. The van der Waals surface area contributed by atoms with E-state index in [9.17, 15) is 23.1 Å². The van der Waals surface area contributed by atoms with E-state index in [1.807, 2.05) is 0 Å². The zero-order valence-corrected chi connectivity index (χ0v) is 13.6. The van der Waals surface area contributed by atoms with Crippen molar-refractivity contribution < 1.29 is 27.8 Å². The van der Waals surface area contributed by atoms with Gasteiger partial charge in [0.1, 0.15) is 11.5 Å². The third kappa shape index (κ3) is 3.42. The summed E-state index contributed by atoms with van der Waals surface area (Å²) in [5.41, 5.74) is -1.11. The molecule has 3 rings (SSSR count). The van der Waals surface area contributed by atoms with Crippen LogP contribution < -0.4 is 10.1 Å². The van der Waals surface area contributed by atoms with Crippen molar-refractivity contribution in [2.75, 3.05) is 12.4 Å². The Balaban J connectivity index is 1.98. The fraction of sp³-hybridized carbons (Fsp3) is 0.105. The molecule has 4 nitrogen and oxygen atoms in total. The topological polar surface area (TPSA) is 58.6 Å². The molecule has 134 valence electrons. The number of phenolic OH excluding ortho intramolecular Hbond substituents is 1. The summed E-state index contributed by atoms with van der Waals surface area (Å²) in [7, 11) is 1.28. The van der Waals surface area contributed by atoms with Gasteiger partial charge in [0.15, 0.2) is 0 Å². The van der Waals surface area contributed by atoms with Gasteiger partial charge in [-0.15, -0.1) is 0 Å². The summed E-state index contributed by atoms with van der Waals surface area (Å²) >= 11 is 0. The quantitative estimate of drug-likeness (QED) is 0.703. The highest BCUT2D eigenvalue weighted by atomic mass is 19.4. The SMILES string of the molecule is COc1ccc(C(F)(F)F)cc1NC(=O)c1cc2ccccc2cc1O. The van der Waals surface area contributed by atoms with Crippen molar-refractivity contribution in [3.63, 3.8) is 0 Å². The highest BCUT2D eigenvalue weighted by Crippen LogP contribution is 2.35. The van der Waals surface area contributed by atoms with Crippen LogP contribution in [0.5, 0.6) is 11.5 Å². The Kier molecular flexibility index (Phi) is 4.46. The van der Waals surface area contributed by atoms with Gasteiger partial charge in [-0.1, -0.05) is 24.3 Å². The minimum Gasteiger partial charge on any atom is -0.507 e. The van der Waals surface area contributed by atoms with Crippen molar-refractivity contribution in [3.8, 4) is 11.5 Å². The van der Waals surface area contributed by atoms with E-state index >= 15 is 0 Å². The number of alkyl halides is 3. The Morgan fingerprint density at radius 1 is 1.04 bits per heavy atom. The minimum atomic E-state index is -4.56. The second-order valence-corrected chi connectivity index (χ2v) is 5.58. The van der Waals surface area contributed by atoms with Crippen molar-refractivity contribution in [2.45, 2.75) is 6.18 Å². The number of methoxy groups -OCH3 is 1. The third-order valence-corrected chi connectivity index (χ3v) is 3.88. The van der Waals surface area contributed by atoms with E-state index in [0.717, 1.165) is 23.6 Å². The van der Waals surface area contributed by atoms with Gasteiger partial charge in [0.2, 0.25) is 0 Å². The van der Waals surface area contributed by atoms with E-state index in [1.54, 1.807) is 24.3 Å². The first-order valence-electron chi connectivity index (χ1n) is 7.58. The average molecular weight is 361 g/mol. The lowest BCUT2D eigenvalue weighted by Crippen LogP contribution is -2.14. The third-order valence-electron chi connectivity index (χ3n) is 3.88. The van der Waals surface area contributed by atoms with Gasteiger partial charge in [0.25, 0.3) is 5.91 Å². The number of rotatable bonds is 3. The highest BCUT2D eigenvalue weighted by molar-refractivity contribution is 6.09. The molecule has 0 heterocycles. The number of anilines is 1. The Hall–Kier alpha value is -3.22. The predicted octanol–water partition coefficient (Wildman–Crippen LogP) is 4.83. The van der Waals surface area contributed by atoms with Crippen molar-refractivity contribution in [1.82, 2.24) is 0 Å². The van der Waals surface area contributed by atoms with Gasteiger partial charge in [-0.25, -0.2) is 0 Å². The van der Waals surface area contributed by atoms with Crippen LogP contribution in [-0.2, 0) is 6.18 Å². The molecule has 0 unspecified atom stereocenters. The lowest BCUT2D eigenvalue weighted by Gasteiger charge is -2.14. The Morgan fingerprint density at radius 2 is 1.69 bits per heavy atom. The standard InChI is InChI=1S/C19H14F3NO3/c1-26-17-7-6-13(19(20,21)22)10-15(17)23-18(25)14-8-11-4-2-3-5-12(11)9-16(14)24/h2-10,24H,1H3,(H,23,25). The molecule has 0 radical (unpaired) electrons. The summed E-state index contributed by atoms with van der Waals surface area (Å²) in [6.07, 6.45) is -4.56. The maximum absolute atomic E-state index is 12.9. The molecule has 1 amide bonds. The number of benzene rings is 3. The van der Waals surface area contributed by atoms with Crippen molar-refractivity contribution in [1.29, 1.82) is 0 Å². The fourth-order valence-corrected chi connectivity index (χ4v) is 2.58. The minimum absolute atomic E-state index is 0.0526. The first-order valence-corrected chi connectivity index (χ1v) is 7.58. The molecule has 0 saturated carbocycles. The van der Waals surface area contributed by atoms with Gasteiger partial charge in [-0.05, 0) is 41.1 Å². The van der Waals surface area contributed by atoms with Crippen LogP contribution in [0.4, 0.5) is 18.9 Å². The van der Waals surface area contributed by atoms with Crippen LogP contribution in [0.2, 0.25) is 0 Å². The van der Waals surface area contributed by atoms with Gasteiger partial charge < -0.3 is 15.2 Å². The molecule has 3 aromatic rings. The molecule has 0 atom stereocenters. The molecular formula is C19H14F3NO3. The van der Waals surface area contributed by atoms with E-state index in [0.29, 0.717) is 5.39 Å². The number of phenols is 1. The Morgan fingerprint density at radius 3 is 2.31 bits per heavy atom. The van der Waals surface area contributed by atoms with Crippen molar-refractivity contribution in [3.05, 3.63) is 65.7 Å². The second-order valence-electron chi connectivity index (χ2n) is 5.58. The maximum atomic E-state index is 12.9. The number of amides is 1. The van der Waals surface area contributed by atoms with Crippen LogP contribution >= 0.6 is 0 Å². The van der Waals surface area contributed by atoms with Crippen molar-refractivity contribution in [2.24, 2.45) is 0 Å². The van der Waals surface area contributed by atoms with E-state index in [-0.39, 0.29) is 22.7 Å². The highest BCUT2D eigenvalue weighted by Gasteiger charge is 2.31. The first-order chi connectivity index (χ1) is 12.3. The molecule has 0 aliphatic rings. The molecule has 0 aliphatic carbocycles. The molecule has 0 fully saturated rings. The summed E-state index contributed by atoms with van der Waals surface area (Å²) in [6.45, 7) is 0. The summed E-state index contributed by atoms with van der Waals surface area (Å²) < 4.78 is 43.7. The van der Waals surface area contributed by atoms with Gasteiger partial charge >= 0.3 is 6.18 Å². The monoisotopic (exact) mass is 361 g/mol. The molecule has 0 aromatic heterocycles. The van der Waals surface area contributed by atoms with Crippen LogP contribution in [0.3, 0.4) is 0 Å². The summed E-state index contributed by atoms with van der Waals surface area (Å²) in [5.74, 6) is -0.940. The number of aromatic hydroxyl groups is 1. The van der Waals surface area contributed by atoms with Crippen LogP contribution in [0, 0.1) is 0 Å². The molecule has 0 aliphatic heterocycles.